The van der Waals surface area contributed by atoms with Crippen molar-refractivity contribution in [2.45, 2.75) is 4.83 Å². The Hall–Kier alpha value is -1.81. The number of aromatic nitrogens is 1. The molecule has 0 fully saturated rings. The maximum Gasteiger partial charge on any atom is 0.343 e. The van der Waals surface area contributed by atoms with E-state index in [0.717, 1.165) is 16.5 Å². The first-order valence-corrected chi connectivity index (χ1v) is 6.87. The molecule has 3 aromatic rings. The molecule has 0 unspecified atom stereocenters. The Morgan fingerprint density at radius 3 is 2.25 bits per heavy atom. The zero-order valence-corrected chi connectivity index (χ0v) is 11.9. The number of halogens is 3. The van der Waals surface area contributed by atoms with Crippen molar-refractivity contribution in [3.63, 3.8) is 0 Å². The van der Waals surface area contributed by atoms with Gasteiger partial charge >= 0.3 is 4.83 Å². The Labute approximate surface area is 123 Å². The van der Waals surface area contributed by atoms with Gasteiger partial charge in [0, 0.05) is 5.39 Å². The minimum atomic E-state index is -3.14. The van der Waals surface area contributed by atoms with E-state index in [2.05, 4.69) is 20.9 Å². The summed E-state index contributed by atoms with van der Waals surface area (Å²) in [6.45, 7) is 0. The lowest BCUT2D eigenvalue weighted by Crippen LogP contribution is -2.06. The molecule has 0 saturated carbocycles. The molecule has 0 bridgehead atoms. The van der Waals surface area contributed by atoms with Gasteiger partial charge in [0.2, 0.25) is 0 Å². The molecule has 0 radical (unpaired) electrons. The van der Waals surface area contributed by atoms with E-state index in [9.17, 15) is 8.78 Å². The fraction of sp³-hybridized carbons (Fsp3) is 0.0625. The van der Waals surface area contributed by atoms with Gasteiger partial charge in [-0.05, 0) is 39.2 Å². The van der Waals surface area contributed by atoms with Gasteiger partial charge in [0.15, 0.2) is 0 Å². The molecule has 0 spiro atoms. The smallest absolute Gasteiger partial charge is 0.245 e. The molecule has 4 heteroatoms. The third kappa shape index (κ3) is 2.43. The average molecular weight is 334 g/mol. The highest BCUT2D eigenvalue weighted by atomic mass is 79.9. The van der Waals surface area contributed by atoms with E-state index < -0.39 is 4.83 Å². The Bertz CT molecular complexity index is 751. The molecule has 0 atom stereocenters. The van der Waals surface area contributed by atoms with Gasteiger partial charge in [-0.15, -0.1) is 0 Å². The summed E-state index contributed by atoms with van der Waals surface area (Å²) in [5, 5.41) is 0.860. The van der Waals surface area contributed by atoms with Gasteiger partial charge in [0.1, 0.15) is 5.69 Å². The third-order valence-electron chi connectivity index (χ3n) is 3.09. The van der Waals surface area contributed by atoms with Gasteiger partial charge < -0.3 is 0 Å². The van der Waals surface area contributed by atoms with Crippen LogP contribution in [0.3, 0.4) is 0 Å². The van der Waals surface area contributed by atoms with Gasteiger partial charge in [-0.25, -0.2) is 4.98 Å². The van der Waals surface area contributed by atoms with Crippen LogP contribution in [0.2, 0.25) is 0 Å². The molecular formula is C16H10BrF2N. The summed E-state index contributed by atoms with van der Waals surface area (Å²) in [6.07, 6.45) is 0. The van der Waals surface area contributed by atoms with Crippen LogP contribution in [0.4, 0.5) is 8.78 Å². The van der Waals surface area contributed by atoms with Gasteiger partial charge in [-0.3, -0.25) is 0 Å². The van der Waals surface area contributed by atoms with Crippen LogP contribution < -0.4 is 0 Å². The topological polar surface area (TPSA) is 12.9 Å². The van der Waals surface area contributed by atoms with Crippen LogP contribution in [0.15, 0.2) is 60.7 Å². The molecule has 0 amide bonds. The number of fused-ring (bicyclic) bond motifs is 1. The second-order valence-electron chi connectivity index (χ2n) is 4.44. The molecule has 1 aromatic heterocycles. The highest BCUT2D eigenvalue weighted by Gasteiger charge is 2.30. The molecular weight excluding hydrogens is 324 g/mol. The first kappa shape index (κ1) is 13.2. The van der Waals surface area contributed by atoms with Crippen LogP contribution in [0.25, 0.3) is 22.0 Å². The predicted octanol–water partition coefficient (Wildman–Crippen LogP) is 5.35. The maximum atomic E-state index is 13.5. The zero-order valence-electron chi connectivity index (χ0n) is 10.4. The van der Waals surface area contributed by atoms with Crippen molar-refractivity contribution in [3.05, 3.63) is 66.4 Å². The van der Waals surface area contributed by atoms with Crippen molar-refractivity contribution in [3.8, 4) is 11.1 Å². The molecule has 0 aliphatic heterocycles. The highest BCUT2D eigenvalue weighted by molar-refractivity contribution is 9.09. The van der Waals surface area contributed by atoms with E-state index in [1.165, 1.54) is 6.07 Å². The minimum absolute atomic E-state index is 0.282. The van der Waals surface area contributed by atoms with Gasteiger partial charge in [0.25, 0.3) is 0 Å². The van der Waals surface area contributed by atoms with E-state index in [0.29, 0.717) is 5.52 Å². The number of para-hydroxylation sites is 1. The lowest BCUT2D eigenvalue weighted by molar-refractivity contribution is 0.110. The summed E-state index contributed by atoms with van der Waals surface area (Å²) in [5.41, 5.74) is 1.92. The number of rotatable bonds is 2. The Morgan fingerprint density at radius 1 is 0.900 bits per heavy atom. The van der Waals surface area contributed by atoms with Crippen molar-refractivity contribution < 1.29 is 8.78 Å². The van der Waals surface area contributed by atoms with E-state index in [4.69, 9.17) is 0 Å². The molecule has 20 heavy (non-hydrogen) atoms. The van der Waals surface area contributed by atoms with Crippen LogP contribution in [0.1, 0.15) is 5.69 Å². The standard InChI is InChI=1S/C16H10BrF2N/c17-16(18,19)15-10-13(11-6-2-1-3-7-11)12-8-4-5-9-14(12)20-15/h1-10H. The summed E-state index contributed by atoms with van der Waals surface area (Å²) in [4.78, 5) is 0.897. The molecule has 0 aliphatic carbocycles. The lowest BCUT2D eigenvalue weighted by atomic mass is 10.0. The van der Waals surface area contributed by atoms with Crippen LogP contribution in [-0.4, -0.2) is 4.98 Å². The quantitative estimate of drug-likeness (QED) is 0.576. The Kier molecular flexibility index (Phi) is 3.26. The first-order valence-electron chi connectivity index (χ1n) is 6.08. The molecule has 100 valence electrons. The largest absolute Gasteiger partial charge is 0.343 e. The van der Waals surface area contributed by atoms with Crippen LogP contribution >= 0.6 is 15.9 Å². The van der Waals surface area contributed by atoms with Crippen molar-refractivity contribution in [2.24, 2.45) is 0 Å². The number of alkyl halides is 3. The summed E-state index contributed by atoms with van der Waals surface area (Å²) in [6, 6.07) is 18.2. The van der Waals surface area contributed by atoms with Gasteiger partial charge in [0.05, 0.1) is 5.52 Å². The number of hydrogen-bond acceptors (Lipinski definition) is 1. The van der Waals surface area contributed by atoms with Crippen molar-refractivity contribution in [1.29, 1.82) is 0 Å². The second kappa shape index (κ2) is 4.94. The normalized spacial score (nSPS) is 11.8. The monoisotopic (exact) mass is 333 g/mol. The Balaban J connectivity index is 2.34. The predicted molar refractivity (Wildman–Crippen MR) is 80.0 cm³/mol. The SMILES string of the molecule is FC(F)(Br)c1cc(-c2ccccc2)c2ccccc2n1. The Morgan fingerprint density at radius 2 is 1.55 bits per heavy atom. The van der Waals surface area contributed by atoms with Crippen LogP contribution in [0, 0.1) is 0 Å². The number of benzene rings is 2. The van der Waals surface area contributed by atoms with E-state index in [-0.39, 0.29) is 5.69 Å². The highest BCUT2D eigenvalue weighted by Crippen LogP contribution is 2.37. The minimum Gasteiger partial charge on any atom is -0.245 e. The molecule has 0 aliphatic rings. The number of nitrogens with zero attached hydrogens (tertiary/aromatic N) is 1. The van der Waals surface area contributed by atoms with Crippen molar-refractivity contribution >= 4 is 26.8 Å². The van der Waals surface area contributed by atoms with Gasteiger partial charge in [-0.2, -0.15) is 8.78 Å². The zero-order chi connectivity index (χ0) is 14.2. The van der Waals surface area contributed by atoms with Crippen LogP contribution in [0.5, 0.6) is 0 Å². The summed E-state index contributed by atoms with van der Waals surface area (Å²) >= 11 is 2.38. The summed E-state index contributed by atoms with van der Waals surface area (Å²) in [7, 11) is 0. The molecule has 3 rings (SSSR count). The molecule has 0 saturated heterocycles. The van der Waals surface area contributed by atoms with Crippen molar-refractivity contribution in [1.82, 2.24) is 4.98 Å². The summed E-state index contributed by atoms with van der Waals surface area (Å²) < 4.78 is 27.1. The third-order valence-corrected chi connectivity index (χ3v) is 3.50. The fourth-order valence-electron chi connectivity index (χ4n) is 2.18. The maximum absolute atomic E-state index is 13.5. The lowest BCUT2D eigenvalue weighted by Gasteiger charge is -2.13. The van der Waals surface area contributed by atoms with E-state index in [1.807, 2.05) is 42.5 Å². The average Bonchev–Trinajstić information content (AvgIpc) is 2.46. The molecule has 2 aromatic carbocycles. The second-order valence-corrected chi connectivity index (χ2v) is 5.43. The van der Waals surface area contributed by atoms with Crippen molar-refractivity contribution in [2.75, 3.05) is 0 Å². The fourth-order valence-corrected chi connectivity index (χ4v) is 2.38. The van der Waals surface area contributed by atoms with Gasteiger partial charge in [-0.1, -0.05) is 48.5 Å². The number of pyridine rings is 1. The molecule has 1 nitrogen and oxygen atoms in total. The van der Waals surface area contributed by atoms with Crippen LogP contribution in [-0.2, 0) is 4.83 Å². The van der Waals surface area contributed by atoms with E-state index in [1.54, 1.807) is 12.1 Å². The molecule has 0 N–H and O–H groups in total. The number of hydrogen-bond donors (Lipinski definition) is 0. The van der Waals surface area contributed by atoms with E-state index >= 15 is 0 Å². The summed E-state index contributed by atoms with van der Waals surface area (Å²) in [5.74, 6) is 0. The molecule has 1 heterocycles. The first-order chi connectivity index (χ1) is 9.55.